The van der Waals surface area contributed by atoms with Crippen molar-refractivity contribution in [1.82, 2.24) is 10.6 Å². The molecule has 0 spiro atoms. The second-order valence-corrected chi connectivity index (χ2v) is 5.13. The average Bonchev–Trinajstić information content (AvgIpc) is 2.52. The molecule has 4 heteroatoms. The minimum atomic E-state index is -0.678. The Bertz CT molecular complexity index is 598. The normalized spacial score (nSPS) is 12.3. The van der Waals surface area contributed by atoms with E-state index in [4.69, 9.17) is 0 Å². The smallest absolute Gasteiger partial charge is 0.220 e. The Morgan fingerprint density at radius 2 is 1.95 bits per heavy atom. The lowest BCUT2D eigenvalue weighted by molar-refractivity contribution is -0.121. The summed E-state index contributed by atoms with van der Waals surface area (Å²) in [7, 11) is 1.86. The SMILES string of the molecule is CNCCCC(=O)NCC(O)c1ccc2ccccc2c1. The highest BCUT2D eigenvalue weighted by Crippen LogP contribution is 2.20. The maximum atomic E-state index is 11.6. The van der Waals surface area contributed by atoms with Gasteiger partial charge in [0.25, 0.3) is 0 Å². The van der Waals surface area contributed by atoms with Gasteiger partial charge in [-0.2, -0.15) is 0 Å². The van der Waals surface area contributed by atoms with Crippen LogP contribution in [0.15, 0.2) is 42.5 Å². The standard InChI is InChI=1S/C17H22N2O2/c1-18-10-4-7-17(21)19-12-16(20)15-9-8-13-5-2-3-6-14(13)11-15/h2-3,5-6,8-9,11,16,18,20H,4,7,10,12H2,1H3,(H,19,21). The summed E-state index contributed by atoms with van der Waals surface area (Å²) in [6.07, 6.45) is 0.600. The minimum Gasteiger partial charge on any atom is -0.387 e. The molecule has 0 aliphatic rings. The molecule has 1 amide bonds. The van der Waals surface area contributed by atoms with E-state index in [1.54, 1.807) is 0 Å². The van der Waals surface area contributed by atoms with Gasteiger partial charge in [-0.15, -0.1) is 0 Å². The highest BCUT2D eigenvalue weighted by atomic mass is 16.3. The van der Waals surface area contributed by atoms with Crippen LogP contribution in [0, 0.1) is 0 Å². The van der Waals surface area contributed by atoms with Crippen LogP contribution >= 0.6 is 0 Å². The Morgan fingerprint density at radius 3 is 2.71 bits per heavy atom. The molecule has 0 aliphatic heterocycles. The van der Waals surface area contributed by atoms with E-state index in [1.807, 2.05) is 49.5 Å². The number of benzene rings is 2. The van der Waals surface area contributed by atoms with Crippen LogP contribution in [-0.2, 0) is 4.79 Å². The summed E-state index contributed by atoms with van der Waals surface area (Å²) in [5, 5.41) is 18.2. The summed E-state index contributed by atoms with van der Waals surface area (Å²) in [5.74, 6) is -0.0231. The Labute approximate surface area is 125 Å². The Morgan fingerprint density at radius 1 is 1.19 bits per heavy atom. The predicted octanol–water partition coefficient (Wildman–Crippen LogP) is 1.99. The molecule has 2 rings (SSSR count). The van der Waals surface area contributed by atoms with E-state index < -0.39 is 6.10 Å². The van der Waals surface area contributed by atoms with Crippen LogP contribution < -0.4 is 10.6 Å². The number of hydrogen-bond donors (Lipinski definition) is 3. The first-order valence-corrected chi connectivity index (χ1v) is 7.29. The number of nitrogens with one attached hydrogen (secondary N) is 2. The van der Waals surface area contributed by atoms with E-state index in [0.29, 0.717) is 6.42 Å². The van der Waals surface area contributed by atoms with Crippen molar-refractivity contribution in [3.63, 3.8) is 0 Å². The van der Waals surface area contributed by atoms with Crippen LogP contribution in [0.2, 0.25) is 0 Å². The number of hydrogen-bond acceptors (Lipinski definition) is 3. The zero-order valence-electron chi connectivity index (χ0n) is 12.3. The molecule has 0 radical (unpaired) electrons. The Kier molecular flexibility index (Phi) is 5.72. The topological polar surface area (TPSA) is 61.4 Å². The number of aliphatic hydroxyl groups excluding tert-OH is 1. The van der Waals surface area contributed by atoms with E-state index in [1.165, 1.54) is 0 Å². The van der Waals surface area contributed by atoms with Gasteiger partial charge in [0, 0.05) is 13.0 Å². The van der Waals surface area contributed by atoms with Gasteiger partial charge in [-0.1, -0.05) is 36.4 Å². The Hall–Kier alpha value is -1.91. The minimum absolute atomic E-state index is 0.0231. The molecule has 21 heavy (non-hydrogen) atoms. The number of aliphatic hydroxyl groups is 1. The molecule has 1 unspecified atom stereocenters. The molecule has 0 bridgehead atoms. The molecule has 3 N–H and O–H groups in total. The molecular weight excluding hydrogens is 264 g/mol. The molecule has 1 atom stereocenters. The van der Waals surface area contributed by atoms with Gasteiger partial charge < -0.3 is 15.7 Å². The van der Waals surface area contributed by atoms with Gasteiger partial charge in [-0.25, -0.2) is 0 Å². The molecule has 0 saturated carbocycles. The van der Waals surface area contributed by atoms with Gasteiger partial charge >= 0.3 is 0 Å². The summed E-state index contributed by atoms with van der Waals surface area (Å²) >= 11 is 0. The van der Waals surface area contributed by atoms with E-state index >= 15 is 0 Å². The fourth-order valence-corrected chi connectivity index (χ4v) is 2.26. The van der Waals surface area contributed by atoms with Crippen LogP contribution in [0.4, 0.5) is 0 Å². The molecule has 112 valence electrons. The lowest BCUT2D eigenvalue weighted by atomic mass is 10.0. The largest absolute Gasteiger partial charge is 0.387 e. The van der Waals surface area contributed by atoms with Gasteiger partial charge in [-0.05, 0) is 42.4 Å². The lowest BCUT2D eigenvalue weighted by Gasteiger charge is -2.13. The van der Waals surface area contributed by atoms with Crippen LogP contribution in [0.25, 0.3) is 10.8 Å². The summed E-state index contributed by atoms with van der Waals surface area (Å²) in [6, 6.07) is 13.9. The number of rotatable bonds is 7. The van der Waals surface area contributed by atoms with Crippen molar-refractivity contribution in [2.24, 2.45) is 0 Å². The van der Waals surface area contributed by atoms with Gasteiger partial charge in [-0.3, -0.25) is 4.79 Å². The second kappa shape index (κ2) is 7.76. The average molecular weight is 286 g/mol. The monoisotopic (exact) mass is 286 g/mol. The van der Waals surface area contributed by atoms with Gasteiger partial charge in [0.15, 0.2) is 0 Å². The van der Waals surface area contributed by atoms with Gasteiger partial charge in [0.1, 0.15) is 0 Å². The highest BCUT2D eigenvalue weighted by molar-refractivity contribution is 5.83. The zero-order chi connectivity index (χ0) is 15.1. The van der Waals surface area contributed by atoms with Crippen LogP contribution in [-0.4, -0.2) is 31.2 Å². The first-order chi connectivity index (χ1) is 10.2. The van der Waals surface area contributed by atoms with Crippen LogP contribution in [0.3, 0.4) is 0 Å². The first-order valence-electron chi connectivity index (χ1n) is 7.29. The molecule has 0 heterocycles. The first kappa shape index (κ1) is 15.5. The third-order valence-corrected chi connectivity index (χ3v) is 3.48. The quantitative estimate of drug-likeness (QED) is 0.682. The lowest BCUT2D eigenvalue weighted by Crippen LogP contribution is -2.28. The third kappa shape index (κ3) is 4.55. The van der Waals surface area contributed by atoms with Crippen molar-refractivity contribution in [2.45, 2.75) is 18.9 Å². The molecule has 0 aliphatic carbocycles. The van der Waals surface area contributed by atoms with Crippen molar-refractivity contribution in [3.05, 3.63) is 48.0 Å². The van der Waals surface area contributed by atoms with Crippen molar-refractivity contribution < 1.29 is 9.90 Å². The predicted molar refractivity (Wildman–Crippen MR) is 85.1 cm³/mol. The molecule has 0 aromatic heterocycles. The molecule has 2 aromatic carbocycles. The van der Waals surface area contributed by atoms with E-state index in [9.17, 15) is 9.90 Å². The number of amides is 1. The zero-order valence-corrected chi connectivity index (χ0v) is 12.3. The highest BCUT2D eigenvalue weighted by Gasteiger charge is 2.10. The number of carbonyl (C=O) groups excluding carboxylic acids is 1. The fraction of sp³-hybridized carbons (Fsp3) is 0.353. The van der Waals surface area contributed by atoms with Gasteiger partial charge in [0.05, 0.1) is 6.10 Å². The number of fused-ring (bicyclic) bond motifs is 1. The second-order valence-electron chi connectivity index (χ2n) is 5.13. The van der Waals surface area contributed by atoms with E-state index in [-0.39, 0.29) is 12.5 Å². The maximum absolute atomic E-state index is 11.6. The van der Waals surface area contributed by atoms with E-state index in [2.05, 4.69) is 10.6 Å². The van der Waals surface area contributed by atoms with Crippen molar-refractivity contribution in [1.29, 1.82) is 0 Å². The van der Waals surface area contributed by atoms with Crippen molar-refractivity contribution in [2.75, 3.05) is 20.1 Å². The third-order valence-electron chi connectivity index (χ3n) is 3.48. The van der Waals surface area contributed by atoms with Crippen LogP contribution in [0.5, 0.6) is 0 Å². The summed E-state index contributed by atoms with van der Waals surface area (Å²) in [6.45, 7) is 1.07. The summed E-state index contributed by atoms with van der Waals surface area (Å²) in [4.78, 5) is 11.6. The molecule has 0 fully saturated rings. The molecular formula is C17H22N2O2. The van der Waals surface area contributed by atoms with Gasteiger partial charge in [0.2, 0.25) is 5.91 Å². The maximum Gasteiger partial charge on any atom is 0.220 e. The number of carbonyl (C=O) groups is 1. The molecule has 0 saturated heterocycles. The molecule has 2 aromatic rings. The summed E-state index contributed by atoms with van der Waals surface area (Å²) < 4.78 is 0. The van der Waals surface area contributed by atoms with Crippen LogP contribution in [0.1, 0.15) is 24.5 Å². The van der Waals surface area contributed by atoms with Crippen molar-refractivity contribution >= 4 is 16.7 Å². The Balaban J connectivity index is 1.89. The van der Waals surface area contributed by atoms with E-state index in [0.717, 1.165) is 29.3 Å². The summed E-state index contributed by atoms with van der Waals surface area (Å²) in [5.41, 5.74) is 0.823. The van der Waals surface area contributed by atoms with Crippen molar-refractivity contribution in [3.8, 4) is 0 Å². The fourth-order valence-electron chi connectivity index (χ4n) is 2.26. The molecule has 4 nitrogen and oxygen atoms in total.